The predicted molar refractivity (Wildman–Crippen MR) is 89.7 cm³/mol. The number of carbonyl (C=O) groups is 1. The lowest BCUT2D eigenvalue weighted by Gasteiger charge is -2.22. The Morgan fingerprint density at radius 2 is 1.71 bits per heavy atom. The Hall–Kier alpha value is -0.520. The molecule has 0 aliphatic rings. The molecule has 21 heavy (non-hydrogen) atoms. The van der Waals surface area contributed by atoms with E-state index in [9.17, 15) is 4.79 Å². The summed E-state index contributed by atoms with van der Waals surface area (Å²) in [5.74, 6) is 0.0830. The van der Waals surface area contributed by atoms with Gasteiger partial charge in [0, 0.05) is 31.4 Å². The molecule has 1 rings (SSSR count). The van der Waals surface area contributed by atoms with E-state index < -0.39 is 12.0 Å². The van der Waals surface area contributed by atoms with Crippen LogP contribution < -0.4 is 5.73 Å². The maximum Gasteiger partial charge on any atom is 0.320 e. The zero-order chi connectivity index (χ0) is 15.0. The molecule has 0 saturated carbocycles. The maximum atomic E-state index is 10.9. The maximum absolute atomic E-state index is 10.9. The number of halogens is 3. The third-order valence-electron chi connectivity index (χ3n) is 3.07. The summed E-state index contributed by atoms with van der Waals surface area (Å²) in [6.07, 6.45) is 0.321. The van der Waals surface area contributed by atoms with Crippen molar-refractivity contribution in [2.24, 2.45) is 5.73 Å². The molecule has 0 aliphatic carbocycles. The van der Waals surface area contributed by atoms with Crippen LogP contribution in [0.3, 0.4) is 0 Å². The van der Waals surface area contributed by atoms with Crippen molar-refractivity contribution in [3.63, 3.8) is 0 Å². The minimum atomic E-state index is -0.988. The quantitative estimate of drug-likeness (QED) is 0.667. The molecule has 0 aliphatic heterocycles. The van der Waals surface area contributed by atoms with E-state index in [2.05, 4.69) is 4.90 Å². The van der Waals surface area contributed by atoms with Crippen LogP contribution >= 0.6 is 35.6 Å². The molecule has 4 nitrogen and oxygen atoms in total. The zero-order valence-corrected chi connectivity index (χ0v) is 14.0. The van der Waals surface area contributed by atoms with E-state index in [-0.39, 0.29) is 12.4 Å². The number of nitrogens with zero attached hydrogens (tertiary/aromatic N) is 1. The van der Waals surface area contributed by atoms with E-state index in [1.807, 2.05) is 24.3 Å². The lowest BCUT2D eigenvalue weighted by molar-refractivity contribution is -0.138. The van der Waals surface area contributed by atoms with Crippen LogP contribution in [0.15, 0.2) is 24.3 Å². The number of benzene rings is 1. The molecule has 1 aromatic rings. The highest BCUT2D eigenvalue weighted by Crippen LogP contribution is 2.14. The van der Waals surface area contributed by atoms with E-state index in [4.69, 9.17) is 34.0 Å². The number of hydrogen-bond donors (Lipinski definition) is 2. The summed E-state index contributed by atoms with van der Waals surface area (Å²) in [5, 5.41) is 8.91. The fourth-order valence-corrected chi connectivity index (χ4v) is 2.46. The monoisotopic (exact) mass is 354 g/mol. The van der Waals surface area contributed by atoms with Gasteiger partial charge in [-0.05, 0) is 17.5 Å². The number of rotatable bonds is 9. The Balaban J connectivity index is 0.00000400. The predicted octanol–water partition coefficient (Wildman–Crippen LogP) is 2.34. The van der Waals surface area contributed by atoms with Crippen LogP contribution in [0.5, 0.6) is 0 Å². The molecule has 1 aromatic carbocycles. The number of nitrogens with two attached hydrogens (primary N) is 1. The second kappa shape index (κ2) is 11.1. The standard InChI is InChI=1S/C14H20Cl2N2O2.ClH/c15-5-7-18(8-6-16)10-12-4-2-1-3-11(12)9-13(17)14(19)20;/h1-4,13H,5-10,17H2,(H,19,20);1H/t13-;/m0./s1. The molecule has 0 heterocycles. The van der Waals surface area contributed by atoms with Gasteiger partial charge in [-0.25, -0.2) is 0 Å². The second-order valence-corrected chi connectivity index (χ2v) is 5.33. The van der Waals surface area contributed by atoms with E-state index in [1.165, 1.54) is 0 Å². The third kappa shape index (κ3) is 7.34. The van der Waals surface area contributed by atoms with Gasteiger partial charge in [-0.1, -0.05) is 24.3 Å². The summed E-state index contributed by atoms with van der Waals surface area (Å²) in [7, 11) is 0. The first-order valence-electron chi connectivity index (χ1n) is 6.48. The van der Waals surface area contributed by atoms with E-state index in [1.54, 1.807) is 0 Å². The molecular weight excluding hydrogens is 335 g/mol. The van der Waals surface area contributed by atoms with Crippen molar-refractivity contribution < 1.29 is 9.90 Å². The first kappa shape index (κ1) is 20.5. The zero-order valence-electron chi connectivity index (χ0n) is 11.7. The average Bonchev–Trinajstić information content (AvgIpc) is 2.41. The lowest BCUT2D eigenvalue weighted by atomic mass is 10.00. The van der Waals surface area contributed by atoms with Gasteiger partial charge in [0.2, 0.25) is 0 Å². The largest absolute Gasteiger partial charge is 0.480 e. The Labute approximate surface area is 141 Å². The first-order valence-corrected chi connectivity index (χ1v) is 7.54. The van der Waals surface area contributed by atoms with E-state index in [0.29, 0.717) is 24.7 Å². The van der Waals surface area contributed by atoms with Gasteiger partial charge in [-0.2, -0.15) is 0 Å². The molecule has 0 amide bonds. The lowest BCUT2D eigenvalue weighted by Crippen LogP contribution is -2.33. The van der Waals surface area contributed by atoms with Gasteiger partial charge >= 0.3 is 5.97 Å². The molecule has 0 radical (unpaired) electrons. The molecular formula is C14H21Cl3N2O2. The number of alkyl halides is 2. The number of hydrogen-bond acceptors (Lipinski definition) is 3. The highest BCUT2D eigenvalue weighted by molar-refractivity contribution is 6.18. The molecule has 0 unspecified atom stereocenters. The van der Waals surface area contributed by atoms with Crippen molar-refractivity contribution in [2.45, 2.75) is 19.0 Å². The molecule has 0 spiro atoms. The Morgan fingerprint density at radius 1 is 1.19 bits per heavy atom. The van der Waals surface area contributed by atoms with Crippen LogP contribution in [0.1, 0.15) is 11.1 Å². The van der Waals surface area contributed by atoms with Crippen molar-refractivity contribution in [1.82, 2.24) is 4.90 Å². The second-order valence-electron chi connectivity index (χ2n) is 4.57. The summed E-state index contributed by atoms with van der Waals surface area (Å²) >= 11 is 11.6. The van der Waals surface area contributed by atoms with Gasteiger partial charge < -0.3 is 10.8 Å². The fourth-order valence-electron chi connectivity index (χ4n) is 1.98. The fraction of sp³-hybridized carbons (Fsp3) is 0.500. The van der Waals surface area contributed by atoms with Crippen molar-refractivity contribution in [3.8, 4) is 0 Å². The molecule has 0 bridgehead atoms. The van der Waals surface area contributed by atoms with Gasteiger partial charge in [-0.15, -0.1) is 35.6 Å². The summed E-state index contributed by atoms with van der Waals surface area (Å²) in [4.78, 5) is 13.0. The van der Waals surface area contributed by atoms with Gasteiger partial charge in [0.25, 0.3) is 0 Å². The summed E-state index contributed by atoms with van der Waals surface area (Å²) in [6.45, 7) is 2.18. The van der Waals surface area contributed by atoms with Crippen molar-refractivity contribution >= 4 is 41.6 Å². The highest BCUT2D eigenvalue weighted by Gasteiger charge is 2.15. The van der Waals surface area contributed by atoms with Gasteiger partial charge in [0.05, 0.1) is 0 Å². The van der Waals surface area contributed by atoms with Gasteiger partial charge in [0.15, 0.2) is 0 Å². The summed E-state index contributed by atoms with van der Waals surface area (Å²) in [6, 6.07) is 6.84. The Kier molecular flexibility index (Phi) is 10.8. The molecule has 3 N–H and O–H groups in total. The SMILES string of the molecule is Cl.N[C@@H](Cc1ccccc1CN(CCCl)CCCl)C(=O)O. The topological polar surface area (TPSA) is 66.6 Å². The third-order valence-corrected chi connectivity index (χ3v) is 3.41. The smallest absolute Gasteiger partial charge is 0.320 e. The minimum absolute atomic E-state index is 0. The van der Waals surface area contributed by atoms with Crippen LogP contribution in [0.4, 0.5) is 0 Å². The van der Waals surface area contributed by atoms with E-state index in [0.717, 1.165) is 24.2 Å². The van der Waals surface area contributed by atoms with Gasteiger partial charge in [-0.3, -0.25) is 9.69 Å². The molecule has 120 valence electrons. The average molecular weight is 356 g/mol. The Bertz CT molecular complexity index is 426. The van der Waals surface area contributed by atoms with Crippen molar-refractivity contribution in [2.75, 3.05) is 24.8 Å². The summed E-state index contributed by atoms with van der Waals surface area (Å²) < 4.78 is 0. The number of aliphatic carboxylic acids is 1. The van der Waals surface area contributed by atoms with Crippen molar-refractivity contribution in [3.05, 3.63) is 35.4 Å². The van der Waals surface area contributed by atoms with Crippen LogP contribution in [0.2, 0.25) is 0 Å². The number of carboxylic acid groups (broad SMARTS) is 1. The molecule has 1 atom stereocenters. The van der Waals surface area contributed by atoms with Crippen molar-refractivity contribution in [1.29, 1.82) is 0 Å². The van der Waals surface area contributed by atoms with Crippen LogP contribution in [-0.2, 0) is 17.8 Å². The Morgan fingerprint density at radius 3 is 2.19 bits per heavy atom. The molecule has 7 heteroatoms. The highest BCUT2D eigenvalue weighted by atomic mass is 35.5. The van der Waals surface area contributed by atoms with Gasteiger partial charge in [0.1, 0.15) is 6.04 Å². The molecule has 0 aromatic heterocycles. The number of carboxylic acids is 1. The van der Waals surface area contributed by atoms with Crippen LogP contribution in [0.25, 0.3) is 0 Å². The first-order chi connectivity index (χ1) is 9.58. The summed E-state index contributed by atoms with van der Waals surface area (Å²) in [5.41, 5.74) is 7.63. The minimum Gasteiger partial charge on any atom is -0.480 e. The van der Waals surface area contributed by atoms with E-state index >= 15 is 0 Å². The van der Waals surface area contributed by atoms with Crippen LogP contribution in [0, 0.1) is 0 Å². The molecule has 0 fully saturated rings. The molecule has 0 saturated heterocycles. The van der Waals surface area contributed by atoms with Crippen LogP contribution in [-0.4, -0.2) is 46.9 Å². The normalized spacial score (nSPS) is 12.0.